The Balaban J connectivity index is 1.56. The standard InChI is InChI=1S/C19H14F2N2O3S2/c1-2-26-11-4-5-13-15(8-11)27-19(22-13)28-16-9-17(24)23(18(16)25)14-6-3-10(20)7-12(14)21/h3-8,16H,2,9H2,1H3. The normalized spacial score (nSPS) is 17.0. The molecule has 0 aliphatic carbocycles. The van der Waals surface area contributed by atoms with Gasteiger partial charge in [0.15, 0.2) is 4.34 Å². The van der Waals surface area contributed by atoms with Crippen LogP contribution in [0.25, 0.3) is 10.2 Å². The molecule has 2 amide bonds. The highest BCUT2D eigenvalue weighted by molar-refractivity contribution is 8.02. The Hall–Kier alpha value is -2.52. The van der Waals surface area contributed by atoms with E-state index in [-0.39, 0.29) is 12.1 Å². The summed E-state index contributed by atoms with van der Waals surface area (Å²) in [6.45, 7) is 2.46. The van der Waals surface area contributed by atoms with E-state index in [2.05, 4.69) is 4.98 Å². The summed E-state index contributed by atoms with van der Waals surface area (Å²) < 4.78 is 34.2. The second-order valence-electron chi connectivity index (χ2n) is 6.02. The van der Waals surface area contributed by atoms with Crippen LogP contribution in [0.2, 0.25) is 0 Å². The molecular weight excluding hydrogens is 406 g/mol. The smallest absolute Gasteiger partial charge is 0.247 e. The number of thioether (sulfide) groups is 1. The van der Waals surface area contributed by atoms with Crippen LogP contribution in [-0.2, 0) is 9.59 Å². The Labute approximate surface area is 167 Å². The van der Waals surface area contributed by atoms with Gasteiger partial charge in [0, 0.05) is 12.5 Å². The van der Waals surface area contributed by atoms with Gasteiger partial charge in [0.2, 0.25) is 11.8 Å². The number of aromatic nitrogens is 1. The third kappa shape index (κ3) is 3.47. The Bertz CT molecular complexity index is 1090. The number of imide groups is 1. The van der Waals surface area contributed by atoms with E-state index >= 15 is 0 Å². The molecule has 2 aromatic carbocycles. The molecular formula is C19H14F2N2O3S2. The maximum atomic E-state index is 14.0. The SMILES string of the molecule is CCOc1ccc2nc(SC3CC(=O)N(c4ccc(F)cc4F)C3=O)sc2c1. The highest BCUT2D eigenvalue weighted by Crippen LogP contribution is 2.38. The van der Waals surface area contributed by atoms with E-state index in [1.165, 1.54) is 23.1 Å². The van der Waals surface area contributed by atoms with Gasteiger partial charge in [-0.05, 0) is 37.3 Å². The number of hydrogen-bond donors (Lipinski definition) is 0. The van der Waals surface area contributed by atoms with Gasteiger partial charge in [-0.2, -0.15) is 0 Å². The molecule has 4 rings (SSSR count). The first-order valence-electron chi connectivity index (χ1n) is 8.48. The molecule has 2 heterocycles. The highest BCUT2D eigenvalue weighted by atomic mass is 32.2. The molecule has 1 aliphatic rings. The molecule has 5 nitrogen and oxygen atoms in total. The van der Waals surface area contributed by atoms with Gasteiger partial charge in [0.1, 0.15) is 22.6 Å². The van der Waals surface area contributed by atoms with Gasteiger partial charge in [-0.15, -0.1) is 11.3 Å². The Morgan fingerprint density at radius 1 is 1.25 bits per heavy atom. The fourth-order valence-corrected chi connectivity index (χ4v) is 5.29. The van der Waals surface area contributed by atoms with Crippen molar-refractivity contribution in [3.63, 3.8) is 0 Å². The van der Waals surface area contributed by atoms with Gasteiger partial charge in [-0.25, -0.2) is 18.7 Å². The lowest BCUT2D eigenvalue weighted by Crippen LogP contribution is -2.31. The van der Waals surface area contributed by atoms with Crippen molar-refractivity contribution in [1.82, 2.24) is 4.98 Å². The summed E-state index contributed by atoms with van der Waals surface area (Å²) >= 11 is 2.57. The van der Waals surface area contributed by atoms with Crippen LogP contribution in [0.5, 0.6) is 5.75 Å². The summed E-state index contributed by atoms with van der Waals surface area (Å²) in [5, 5.41) is -0.705. The Kier molecular flexibility index (Phi) is 5.03. The van der Waals surface area contributed by atoms with Crippen molar-refractivity contribution in [3.05, 3.63) is 48.0 Å². The monoisotopic (exact) mass is 420 g/mol. The number of nitrogens with zero attached hydrogens (tertiary/aromatic N) is 2. The Morgan fingerprint density at radius 3 is 2.82 bits per heavy atom. The van der Waals surface area contributed by atoms with Crippen molar-refractivity contribution >= 4 is 50.8 Å². The molecule has 1 unspecified atom stereocenters. The quantitative estimate of drug-likeness (QED) is 0.573. The molecule has 0 spiro atoms. The van der Waals surface area contributed by atoms with E-state index in [9.17, 15) is 18.4 Å². The topological polar surface area (TPSA) is 59.5 Å². The number of rotatable bonds is 5. The molecule has 1 fully saturated rings. The van der Waals surface area contributed by atoms with E-state index in [0.717, 1.165) is 33.0 Å². The van der Waals surface area contributed by atoms with Gasteiger partial charge in [0.05, 0.1) is 22.5 Å². The maximum absolute atomic E-state index is 14.0. The Morgan fingerprint density at radius 2 is 2.07 bits per heavy atom. The molecule has 9 heteroatoms. The first-order valence-corrected chi connectivity index (χ1v) is 10.2. The minimum atomic E-state index is -0.948. The van der Waals surface area contributed by atoms with E-state index < -0.39 is 28.7 Å². The first kappa shape index (κ1) is 18.8. The molecule has 0 N–H and O–H groups in total. The third-order valence-electron chi connectivity index (χ3n) is 4.15. The average Bonchev–Trinajstić information content (AvgIpc) is 3.16. The molecule has 0 radical (unpaired) electrons. The van der Waals surface area contributed by atoms with Gasteiger partial charge in [0.25, 0.3) is 0 Å². The number of fused-ring (bicyclic) bond motifs is 1. The van der Waals surface area contributed by atoms with Crippen LogP contribution in [0.4, 0.5) is 14.5 Å². The second-order valence-corrected chi connectivity index (χ2v) is 8.50. The zero-order valence-electron chi connectivity index (χ0n) is 14.6. The molecule has 1 aliphatic heterocycles. The first-order chi connectivity index (χ1) is 13.5. The largest absolute Gasteiger partial charge is 0.494 e. The minimum Gasteiger partial charge on any atom is -0.494 e. The zero-order valence-corrected chi connectivity index (χ0v) is 16.3. The van der Waals surface area contributed by atoms with Gasteiger partial charge < -0.3 is 4.74 Å². The van der Waals surface area contributed by atoms with Gasteiger partial charge in [-0.1, -0.05) is 11.8 Å². The van der Waals surface area contributed by atoms with Gasteiger partial charge >= 0.3 is 0 Å². The van der Waals surface area contributed by atoms with E-state index in [4.69, 9.17) is 4.74 Å². The van der Waals surface area contributed by atoms with E-state index in [1.54, 1.807) is 0 Å². The summed E-state index contributed by atoms with van der Waals surface area (Å²) in [5.41, 5.74) is 0.541. The predicted octanol–water partition coefficient (Wildman–Crippen LogP) is 4.40. The van der Waals surface area contributed by atoms with E-state index in [1.807, 2.05) is 25.1 Å². The molecule has 3 aromatic rings. The molecule has 0 bridgehead atoms. The van der Waals surface area contributed by atoms with Crippen LogP contribution in [0, 0.1) is 11.6 Å². The average molecular weight is 420 g/mol. The van der Waals surface area contributed by atoms with Crippen LogP contribution < -0.4 is 9.64 Å². The lowest BCUT2D eigenvalue weighted by atomic mass is 10.2. The number of carbonyl (C=O) groups excluding carboxylic acids is 2. The summed E-state index contributed by atoms with van der Waals surface area (Å²) in [5.74, 6) is -2.04. The third-order valence-corrected chi connectivity index (χ3v) is 6.45. The predicted molar refractivity (Wildman–Crippen MR) is 104 cm³/mol. The lowest BCUT2D eigenvalue weighted by Gasteiger charge is -2.15. The molecule has 1 aromatic heterocycles. The fraction of sp³-hybridized carbons (Fsp3) is 0.211. The van der Waals surface area contributed by atoms with Crippen molar-refractivity contribution in [2.75, 3.05) is 11.5 Å². The minimum absolute atomic E-state index is 0.0690. The molecule has 144 valence electrons. The number of amides is 2. The lowest BCUT2D eigenvalue weighted by molar-refractivity contribution is -0.121. The summed E-state index contributed by atoms with van der Waals surface area (Å²) in [4.78, 5) is 30.3. The van der Waals surface area contributed by atoms with E-state index in [0.29, 0.717) is 17.0 Å². The number of carbonyl (C=O) groups is 2. The van der Waals surface area contributed by atoms with Crippen LogP contribution in [0.15, 0.2) is 40.7 Å². The number of hydrogen-bond acceptors (Lipinski definition) is 6. The zero-order chi connectivity index (χ0) is 19.8. The molecule has 28 heavy (non-hydrogen) atoms. The molecule has 1 saturated heterocycles. The number of thiazole rings is 1. The van der Waals surface area contributed by atoms with Gasteiger partial charge in [-0.3, -0.25) is 9.59 Å². The van der Waals surface area contributed by atoms with Crippen molar-refractivity contribution in [1.29, 1.82) is 0 Å². The second kappa shape index (κ2) is 7.48. The molecule has 1 atom stereocenters. The van der Waals surface area contributed by atoms with Crippen LogP contribution in [0.3, 0.4) is 0 Å². The summed E-state index contributed by atoms with van der Waals surface area (Å²) in [7, 11) is 0. The highest BCUT2D eigenvalue weighted by Gasteiger charge is 2.41. The van der Waals surface area contributed by atoms with Crippen LogP contribution in [-0.4, -0.2) is 28.7 Å². The van der Waals surface area contributed by atoms with Crippen molar-refractivity contribution in [2.45, 2.75) is 22.9 Å². The molecule has 0 saturated carbocycles. The maximum Gasteiger partial charge on any atom is 0.247 e. The number of anilines is 1. The van der Waals surface area contributed by atoms with Crippen LogP contribution in [0.1, 0.15) is 13.3 Å². The van der Waals surface area contributed by atoms with Crippen LogP contribution >= 0.6 is 23.1 Å². The number of ether oxygens (including phenoxy) is 1. The summed E-state index contributed by atoms with van der Waals surface area (Å²) in [6.07, 6.45) is -0.0690. The number of benzene rings is 2. The van der Waals surface area contributed by atoms with Crippen molar-refractivity contribution in [3.8, 4) is 5.75 Å². The fourth-order valence-electron chi connectivity index (χ4n) is 2.92. The number of halogens is 2. The summed E-state index contributed by atoms with van der Waals surface area (Å²) in [6, 6.07) is 8.30. The van der Waals surface area contributed by atoms with Crippen molar-refractivity contribution < 1.29 is 23.1 Å². The van der Waals surface area contributed by atoms with Crippen molar-refractivity contribution in [2.24, 2.45) is 0 Å².